The van der Waals surface area contributed by atoms with E-state index >= 15 is 0 Å². The fraction of sp³-hybridized carbons (Fsp3) is 0.238. The molecule has 1 unspecified atom stereocenters. The molecule has 0 fully saturated rings. The topological polar surface area (TPSA) is 56.1 Å². The highest BCUT2D eigenvalue weighted by molar-refractivity contribution is 5.94. The predicted molar refractivity (Wildman–Crippen MR) is 101 cm³/mol. The van der Waals surface area contributed by atoms with Gasteiger partial charge in [0.05, 0.1) is 19.7 Å². The van der Waals surface area contributed by atoms with E-state index in [1.54, 1.807) is 13.3 Å². The minimum absolute atomic E-state index is 0.105. The van der Waals surface area contributed by atoms with Crippen LogP contribution >= 0.6 is 0 Å². The number of aryl methyl sites for hydroxylation is 1. The first-order chi connectivity index (χ1) is 12.6. The Morgan fingerprint density at radius 2 is 2.00 bits per heavy atom. The van der Waals surface area contributed by atoms with Gasteiger partial charge in [-0.05, 0) is 43.7 Å². The van der Waals surface area contributed by atoms with E-state index in [4.69, 9.17) is 4.74 Å². The van der Waals surface area contributed by atoms with E-state index in [1.165, 1.54) is 0 Å². The van der Waals surface area contributed by atoms with Crippen molar-refractivity contribution in [1.82, 2.24) is 15.1 Å². The average molecular weight is 349 g/mol. The highest BCUT2D eigenvalue weighted by Crippen LogP contribution is 2.26. The van der Waals surface area contributed by atoms with Crippen LogP contribution < -0.4 is 10.1 Å². The maximum atomic E-state index is 12.6. The minimum atomic E-state index is -0.152. The van der Waals surface area contributed by atoms with E-state index in [-0.39, 0.29) is 11.9 Å². The van der Waals surface area contributed by atoms with Crippen molar-refractivity contribution in [3.63, 3.8) is 0 Å². The summed E-state index contributed by atoms with van der Waals surface area (Å²) in [5.74, 6) is 0.671. The molecule has 5 heteroatoms. The van der Waals surface area contributed by atoms with Gasteiger partial charge in [0.25, 0.3) is 5.91 Å². The van der Waals surface area contributed by atoms with Crippen LogP contribution in [0.2, 0.25) is 0 Å². The number of carbonyl (C=O) groups excluding carboxylic acids is 1. The zero-order valence-electron chi connectivity index (χ0n) is 15.3. The van der Waals surface area contributed by atoms with Gasteiger partial charge < -0.3 is 10.1 Å². The van der Waals surface area contributed by atoms with Crippen molar-refractivity contribution >= 4 is 5.91 Å². The number of amides is 1. The number of aromatic nitrogens is 2. The number of benzene rings is 2. The first-order valence-electron chi connectivity index (χ1n) is 8.58. The van der Waals surface area contributed by atoms with Crippen LogP contribution in [-0.2, 0) is 6.54 Å². The zero-order valence-corrected chi connectivity index (χ0v) is 15.3. The summed E-state index contributed by atoms with van der Waals surface area (Å²) in [7, 11) is 1.64. The molecule has 2 aromatic carbocycles. The second kappa shape index (κ2) is 7.87. The maximum Gasteiger partial charge on any atom is 0.251 e. The molecule has 0 saturated heterocycles. The van der Waals surface area contributed by atoms with Crippen LogP contribution in [0.1, 0.15) is 40.0 Å². The number of hydrogen-bond donors (Lipinski definition) is 1. The highest BCUT2D eigenvalue weighted by Gasteiger charge is 2.15. The third kappa shape index (κ3) is 4.11. The van der Waals surface area contributed by atoms with Crippen molar-refractivity contribution in [3.05, 3.63) is 83.2 Å². The third-order valence-corrected chi connectivity index (χ3v) is 4.32. The van der Waals surface area contributed by atoms with E-state index in [0.717, 1.165) is 22.4 Å². The second-order valence-electron chi connectivity index (χ2n) is 6.34. The van der Waals surface area contributed by atoms with Gasteiger partial charge in [0.1, 0.15) is 5.75 Å². The van der Waals surface area contributed by atoms with E-state index < -0.39 is 0 Å². The van der Waals surface area contributed by atoms with Crippen LogP contribution in [-0.4, -0.2) is 22.8 Å². The molecule has 0 aliphatic rings. The summed E-state index contributed by atoms with van der Waals surface area (Å²) in [6.45, 7) is 4.67. The van der Waals surface area contributed by atoms with Crippen molar-refractivity contribution in [2.24, 2.45) is 0 Å². The van der Waals surface area contributed by atoms with Gasteiger partial charge >= 0.3 is 0 Å². The van der Waals surface area contributed by atoms with Crippen molar-refractivity contribution in [3.8, 4) is 5.75 Å². The number of hydrogen-bond acceptors (Lipinski definition) is 3. The molecule has 1 heterocycles. The minimum Gasteiger partial charge on any atom is -0.496 e. The molecule has 1 N–H and O–H groups in total. The Hall–Kier alpha value is -3.08. The molecular weight excluding hydrogens is 326 g/mol. The van der Waals surface area contributed by atoms with Gasteiger partial charge in [-0.15, -0.1) is 0 Å². The van der Waals surface area contributed by atoms with Crippen molar-refractivity contribution in [1.29, 1.82) is 0 Å². The summed E-state index contributed by atoms with van der Waals surface area (Å²) < 4.78 is 7.26. The molecule has 0 aliphatic carbocycles. The van der Waals surface area contributed by atoms with Crippen LogP contribution in [0.3, 0.4) is 0 Å². The van der Waals surface area contributed by atoms with E-state index in [0.29, 0.717) is 12.1 Å². The molecule has 0 bridgehead atoms. The maximum absolute atomic E-state index is 12.6. The summed E-state index contributed by atoms with van der Waals surface area (Å²) in [5, 5.41) is 7.23. The van der Waals surface area contributed by atoms with E-state index in [1.807, 2.05) is 73.3 Å². The fourth-order valence-corrected chi connectivity index (χ4v) is 2.89. The van der Waals surface area contributed by atoms with E-state index in [2.05, 4.69) is 10.4 Å². The quantitative estimate of drug-likeness (QED) is 0.737. The molecule has 26 heavy (non-hydrogen) atoms. The van der Waals surface area contributed by atoms with Gasteiger partial charge in [0.2, 0.25) is 0 Å². The number of rotatable bonds is 6. The van der Waals surface area contributed by atoms with Crippen molar-refractivity contribution < 1.29 is 9.53 Å². The van der Waals surface area contributed by atoms with E-state index in [9.17, 15) is 4.79 Å². The summed E-state index contributed by atoms with van der Waals surface area (Å²) >= 11 is 0. The number of nitrogens with zero attached hydrogens (tertiary/aromatic N) is 2. The lowest BCUT2D eigenvalue weighted by molar-refractivity contribution is 0.0939. The SMILES string of the molecule is COc1ccc(C)cc1C(C)NC(=O)c1ccc(Cn2cccn2)cc1. The first-order valence-corrected chi connectivity index (χ1v) is 8.58. The van der Waals surface area contributed by atoms with Gasteiger partial charge in [0, 0.05) is 23.5 Å². The Kier molecular flexibility index (Phi) is 5.37. The Labute approximate surface area is 153 Å². The number of ether oxygens (including phenoxy) is 1. The molecule has 0 aliphatic heterocycles. The second-order valence-corrected chi connectivity index (χ2v) is 6.34. The lowest BCUT2D eigenvalue weighted by Gasteiger charge is -2.18. The monoisotopic (exact) mass is 349 g/mol. The van der Waals surface area contributed by atoms with Gasteiger partial charge in [-0.1, -0.05) is 29.8 Å². The Bertz CT molecular complexity index is 871. The lowest BCUT2D eigenvalue weighted by atomic mass is 10.0. The molecule has 5 nitrogen and oxygen atoms in total. The molecule has 1 amide bonds. The van der Waals surface area contributed by atoms with Crippen LogP contribution in [0, 0.1) is 6.92 Å². The largest absolute Gasteiger partial charge is 0.496 e. The summed E-state index contributed by atoms with van der Waals surface area (Å²) in [4.78, 5) is 12.6. The summed E-state index contributed by atoms with van der Waals surface area (Å²) in [6.07, 6.45) is 3.67. The predicted octanol–water partition coefficient (Wildman–Crippen LogP) is 3.74. The zero-order chi connectivity index (χ0) is 18.5. The van der Waals surface area contributed by atoms with Gasteiger partial charge in [0.15, 0.2) is 0 Å². The van der Waals surface area contributed by atoms with Gasteiger partial charge in [-0.2, -0.15) is 5.10 Å². The lowest BCUT2D eigenvalue weighted by Crippen LogP contribution is -2.27. The fourth-order valence-electron chi connectivity index (χ4n) is 2.89. The smallest absolute Gasteiger partial charge is 0.251 e. The normalized spacial score (nSPS) is 11.8. The summed E-state index contributed by atoms with van der Waals surface area (Å²) in [6, 6.07) is 15.3. The molecule has 134 valence electrons. The number of nitrogens with one attached hydrogen (secondary N) is 1. The van der Waals surface area contributed by atoms with Gasteiger partial charge in [-0.3, -0.25) is 9.48 Å². The van der Waals surface area contributed by atoms with Gasteiger partial charge in [-0.25, -0.2) is 0 Å². The molecular formula is C21H23N3O2. The number of carbonyl (C=O) groups is 1. The average Bonchev–Trinajstić information content (AvgIpc) is 3.15. The summed E-state index contributed by atoms with van der Waals surface area (Å²) in [5.41, 5.74) is 3.83. The first kappa shape index (κ1) is 17.7. The van der Waals surface area contributed by atoms with Crippen molar-refractivity contribution in [2.75, 3.05) is 7.11 Å². The standard InChI is InChI=1S/C21H23N3O2/c1-15-5-10-20(26-3)19(13-15)16(2)23-21(25)18-8-6-17(7-9-18)14-24-12-4-11-22-24/h4-13,16H,14H2,1-3H3,(H,23,25). The molecule has 0 saturated carbocycles. The van der Waals surface area contributed by atoms with Crippen molar-refractivity contribution in [2.45, 2.75) is 26.4 Å². The molecule has 1 atom stereocenters. The van der Waals surface area contributed by atoms with Crippen LogP contribution in [0.15, 0.2) is 60.9 Å². The molecule has 0 radical (unpaired) electrons. The molecule has 1 aromatic heterocycles. The molecule has 3 aromatic rings. The Morgan fingerprint density at radius 1 is 1.23 bits per heavy atom. The third-order valence-electron chi connectivity index (χ3n) is 4.32. The van der Waals surface area contributed by atoms with Crippen LogP contribution in [0.5, 0.6) is 5.75 Å². The molecule has 3 rings (SSSR count). The number of methoxy groups -OCH3 is 1. The van der Waals surface area contributed by atoms with Crippen LogP contribution in [0.25, 0.3) is 0 Å². The van der Waals surface area contributed by atoms with Crippen LogP contribution in [0.4, 0.5) is 0 Å². The highest BCUT2D eigenvalue weighted by atomic mass is 16.5. The Balaban J connectivity index is 1.68. The Morgan fingerprint density at radius 3 is 2.65 bits per heavy atom. The molecule has 0 spiro atoms.